The van der Waals surface area contributed by atoms with Crippen molar-refractivity contribution in [1.82, 2.24) is 16.0 Å². The van der Waals surface area contributed by atoms with Crippen LogP contribution < -0.4 is 16.0 Å². The summed E-state index contributed by atoms with van der Waals surface area (Å²) in [5, 5.41) is 8.88. The van der Waals surface area contributed by atoms with Crippen molar-refractivity contribution in [3.63, 3.8) is 0 Å². The van der Waals surface area contributed by atoms with Crippen LogP contribution in [0.25, 0.3) is 0 Å². The molecule has 0 spiro atoms. The number of rotatable bonds is 5. The zero-order chi connectivity index (χ0) is 17.6. The van der Waals surface area contributed by atoms with Crippen LogP contribution in [-0.2, 0) is 16.4 Å². The quantitative estimate of drug-likeness (QED) is 0.522. The molecule has 1 aromatic carbocycles. The molecule has 0 bridgehead atoms. The molecule has 1 fully saturated rings. The van der Waals surface area contributed by atoms with Crippen molar-refractivity contribution in [3.05, 3.63) is 35.4 Å². The van der Waals surface area contributed by atoms with Crippen LogP contribution in [-0.4, -0.2) is 51.4 Å². The van der Waals surface area contributed by atoms with Gasteiger partial charge in [-0.2, -0.15) is 0 Å². The zero-order valence-corrected chi connectivity index (χ0v) is 14.8. The number of hydrogen-bond acceptors (Lipinski definition) is 4. The van der Waals surface area contributed by atoms with Crippen LogP contribution in [0.4, 0.5) is 0 Å². The van der Waals surface area contributed by atoms with E-state index in [2.05, 4.69) is 20.9 Å². The molecule has 3 N–H and O–H groups in total. The Kier molecular flexibility index (Phi) is 6.19. The van der Waals surface area contributed by atoms with E-state index < -0.39 is 9.84 Å². The highest BCUT2D eigenvalue weighted by atomic mass is 32.2. The second-order valence-electron chi connectivity index (χ2n) is 5.72. The molecular weight excluding hydrogens is 328 g/mol. The SMILES string of the molecule is CCNC(=NCc1ccc(C(=O)NC)cc1)NC1CCS(=O)(=O)C1. The van der Waals surface area contributed by atoms with Gasteiger partial charge in [0.15, 0.2) is 15.8 Å². The molecule has 1 aromatic rings. The molecule has 1 unspecified atom stereocenters. The molecule has 1 aliphatic rings. The Morgan fingerprint density at radius 1 is 1.29 bits per heavy atom. The fraction of sp³-hybridized carbons (Fsp3) is 0.500. The van der Waals surface area contributed by atoms with Crippen LogP contribution in [0.5, 0.6) is 0 Å². The van der Waals surface area contributed by atoms with E-state index in [1.54, 1.807) is 19.2 Å². The van der Waals surface area contributed by atoms with Crippen LogP contribution in [0.15, 0.2) is 29.3 Å². The highest BCUT2D eigenvalue weighted by Crippen LogP contribution is 2.11. The summed E-state index contributed by atoms with van der Waals surface area (Å²) in [6.45, 7) is 3.10. The average Bonchev–Trinajstić information content (AvgIpc) is 2.91. The number of hydrogen-bond donors (Lipinski definition) is 3. The van der Waals surface area contributed by atoms with Gasteiger partial charge in [0.25, 0.3) is 5.91 Å². The first-order valence-corrected chi connectivity index (χ1v) is 9.82. The summed E-state index contributed by atoms with van der Waals surface area (Å²) >= 11 is 0. The number of nitrogens with one attached hydrogen (secondary N) is 3. The summed E-state index contributed by atoms with van der Waals surface area (Å²) < 4.78 is 23.1. The Hall–Kier alpha value is -2.09. The number of benzene rings is 1. The Balaban J connectivity index is 1.99. The third kappa shape index (κ3) is 5.23. The first-order valence-electron chi connectivity index (χ1n) is 8.00. The van der Waals surface area contributed by atoms with E-state index in [-0.39, 0.29) is 23.5 Å². The summed E-state index contributed by atoms with van der Waals surface area (Å²) in [4.78, 5) is 16.0. The summed E-state index contributed by atoms with van der Waals surface area (Å²) in [6, 6.07) is 7.14. The van der Waals surface area contributed by atoms with E-state index in [9.17, 15) is 13.2 Å². The Labute approximate surface area is 142 Å². The van der Waals surface area contributed by atoms with Gasteiger partial charge >= 0.3 is 0 Å². The minimum atomic E-state index is -2.92. The zero-order valence-electron chi connectivity index (χ0n) is 14.0. The molecule has 24 heavy (non-hydrogen) atoms. The third-order valence-corrected chi connectivity index (χ3v) is 5.55. The number of amides is 1. The Bertz CT molecular complexity index is 699. The molecule has 1 aliphatic heterocycles. The van der Waals surface area contributed by atoms with Crippen molar-refractivity contribution in [2.75, 3.05) is 25.1 Å². The number of carbonyl (C=O) groups excluding carboxylic acids is 1. The molecule has 1 atom stereocenters. The lowest BCUT2D eigenvalue weighted by Gasteiger charge is -2.15. The number of sulfone groups is 1. The maximum Gasteiger partial charge on any atom is 0.251 e. The molecule has 2 rings (SSSR count). The van der Waals surface area contributed by atoms with E-state index in [0.29, 0.717) is 31.0 Å². The molecule has 0 aromatic heterocycles. The molecule has 0 radical (unpaired) electrons. The molecule has 0 aliphatic carbocycles. The van der Waals surface area contributed by atoms with Gasteiger partial charge in [0, 0.05) is 25.2 Å². The maximum absolute atomic E-state index is 11.5. The van der Waals surface area contributed by atoms with E-state index in [4.69, 9.17) is 0 Å². The van der Waals surface area contributed by atoms with E-state index in [1.165, 1.54) is 0 Å². The van der Waals surface area contributed by atoms with Gasteiger partial charge in [-0.3, -0.25) is 4.79 Å². The van der Waals surface area contributed by atoms with E-state index in [1.807, 2.05) is 19.1 Å². The first-order chi connectivity index (χ1) is 11.4. The molecule has 7 nitrogen and oxygen atoms in total. The number of carbonyl (C=O) groups is 1. The van der Waals surface area contributed by atoms with Crippen LogP contribution in [0.1, 0.15) is 29.3 Å². The summed E-state index contributed by atoms with van der Waals surface area (Å²) in [5.41, 5.74) is 1.57. The first kappa shape index (κ1) is 18.3. The van der Waals surface area contributed by atoms with Crippen molar-refractivity contribution < 1.29 is 13.2 Å². The number of nitrogens with zero attached hydrogens (tertiary/aromatic N) is 1. The van der Waals surface area contributed by atoms with Crippen molar-refractivity contribution in [3.8, 4) is 0 Å². The van der Waals surface area contributed by atoms with Crippen LogP contribution >= 0.6 is 0 Å². The predicted molar refractivity (Wildman–Crippen MR) is 94.8 cm³/mol. The lowest BCUT2D eigenvalue weighted by Crippen LogP contribution is -2.44. The largest absolute Gasteiger partial charge is 0.357 e. The molecule has 8 heteroatoms. The summed E-state index contributed by atoms with van der Waals surface area (Å²) in [5.74, 6) is 0.862. The standard InChI is InChI=1S/C16H24N4O3S/c1-3-18-16(20-14-8-9-24(22,23)11-14)19-10-12-4-6-13(7-5-12)15(21)17-2/h4-7,14H,3,8-11H2,1-2H3,(H,17,21)(H2,18,19,20). The smallest absolute Gasteiger partial charge is 0.251 e. The lowest BCUT2D eigenvalue weighted by molar-refractivity contribution is 0.0963. The van der Waals surface area contributed by atoms with Crippen molar-refractivity contribution >= 4 is 21.7 Å². The lowest BCUT2D eigenvalue weighted by atomic mass is 10.1. The monoisotopic (exact) mass is 352 g/mol. The Morgan fingerprint density at radius 2 is 2.00 bits per heavy atom. The normalized spacial score (nSPS) is 19.8. The van der Waals surface area contributed by atoms with Crippen LogP contribution in [0.2, 0.25) is 0 Å². The minimum absolute atomic E-state index is 0.0940. The van der Waals surface area contributed by atoms with E-state index in [0.717, 1.165) is 5.56 Å². The highest BCUT2D eigenvalue weighted by Gasteiger charge is 2.28. The van der Waals surface area contributed by atoms with Crippen molar-refractivity contribution in [2.45, 2.75) is 25.9 Å². The molecule has 1 amide bonds. The summed E-state index contributed by atoms with van der Waals surface area (Å²) in [7, 11) is -1.33. The second kappa shape index (κ2) is 8.14. The Morgan fingerprint density at radius 3 is 2.54 bits per heavy atom. The van der Waals surface area contributed by atoms with E-state index >= 15 is 0 Å². The second-order valence-corrected chi connectivity index (χ2v) is 7.94. The average molecular weight is 352 g/mol. The van der Waals surface area contributed by atoms with Crippen molar-refractivity contribution in [2.24, 2.45) is 4.99 Å². The predicted octanol–water partition coefficient (Wildman–Crippen LogP) is 0.288. The van der Waals surface area contributed by atoms with Gasteiger partial charge in [-0.25, -0.2) is 13.4 Å². The van der Waals surface area contributed by atoms with Gasteiger partial charge < -0.3 is 16.0 Å². The minimum Gasteiger partial charge on any atom is -0.357 e. The van der Waals surface area contributed by atoms with Gasteiger partial charge in [0.05, 0.1) is 18.1 Å². The van der Waals surface area contributed by atoms with Crippen LogP contribution in [0, 0.1) is 0 Å². The molecule has 1 saturated heterocycles. The van der Waals surface area contributed by atoms with Crippen LogP contribution in [0.3, 0.4) is 0 Å². The highest BCUT2D eigenvalue weighted by molar-refractivity contribution is 7.91. The van der Waals surface area contributed by atoms with Gasteiger partial charge in [0.2, 0.25) is 0 Å². The fourth-order valence-corrected chi connectivity index (χ4v) is 4.17. The molecular formula is C16H24N4O3S. The molecule has 0 saturated carbocycles. The third-order valence-electron chi connectivity index (χ3n) is 3.78. The molecule has 132 valence electrons. The van der Waals surface area contributed by atoms with Gasteiger partial charge in [-0.1, -0.05) is 12.1 Å². The van der Waals surface area contributed by atoms with Crippen molar-refractivity contribution in [1.29, 1.82) is 0 Å². The topological polar surface area (TPSA) is 99.7 Å². The van der Waals surface area contributed by atoms with Gasteiger partial charge in [-0.15, -0.1) is 0 Å². The summed E-state index contributed by atoms with van der Waals surface area (Å²) in [6.07, 6.45) is 0.605. The maximum atomic E-state index is 11.5. The number of guanidine groups is 1. The number of aliphatic imine (C=N–C) groups is 1. The van der Waals surface area contributed by atoms with Gasteiger partial charge in [0.1, 0.15) is 0 Å². The fourth-order valence-electron chi connectivity index (χ4n) is 2.50. The molecule has 1 heterocycles. The van der Waals surface area contributed by atoms with Gasteiger partial charge in [-0.05, 0) is 31.0 Å².